The van der Waals surface area contributed by atoms with Crippen molar-refractivity contribution in [2.24, 2.45) is 0 Å². The standard InChI is InChI=1S/C15H12N4OS/c20-12-8-6-11(7-9-12)14-18-19-13(16-17-15(19)21-14)10-4-2-1-3-5-10/h1-9,14,18,20H/t14-/m0/s1. The van der Waals surface area contributed by atoms with Crippen molar-refractivity contribution in [3.05, 3.63) is 60.2 Å². The zero-order valence-corrected chi connectivity index (χ0v) is 11.8. The summed E-state index contributed by atoms with van der Waals surface area (Å²) in [7, 11) is 0. The van der Waals surface area contributed by atoms with Crippen LogP contribution in [0.4, 0.5) is 0 Å². The highest BCUT2D eigenvalue weighted by molar-refractivity contribution is 7.99. The van der Waals surface area contributed by atoms with E-state index in [2.05, 4.69) is 15.6 Å². The normalized spacial score (nSPS) is 16.5. The van der Waals surface area contributed by atoms with Gasteiger partial charge in [0.15, 0.2) is 5.82 Å². The molecule has 0 saturated carbocycles. The van der Waals surface area contributed by atoms with E-state index in [1.165, 1.54) is 0 Å². The predicted molar refractivity (Wildman–Crippen MR) is 81.5 cm³/mol. The maximum atomic E-state index is 9.37. The molecule has 6 heteroatoms. The molecule has 4 rings (SSSR count). The van der Waals surface area contributed by atoms with E-state index in [0.717, 1.165) is 22.1 Å². The molecular weight excluding hydrogens is 284 g/mol. The summed E-state index contributed by atoms with van der Waals surface area (Å²) in [6.45, 7) is 0. The van der Waals surface area contributed by atoms with Gasteiger partial charge in [-0.2, -0.15) is 0 Å². The molecule has 1 atom stereocenters. The first-order chi connectivity index (χ1) is 10.3. The number of rotatable bonds is 2. The van der Waals surface area contributed by atoms with Crippen molar-refractivity contribution in [3.8, 4) is 17.1 Å². The molecule has 0 amide bonds. The second-order valence-corrected chi connectivity index (χ2v) is 5.80. The van der Waals surface area contributed by atoms with Gasteiger partial charge in [0.2, 0.25) is 5.16 Å². The molecular formula is C15H12N4OS. The van der Waals surface area contributed by atoms with Crippen LogP contribution in [0.15, 0.2) is 59.8 Å². The first-order valence-electron chi connectivity index (χ1n) is 6.54. The van der Waals surface area contributed by atoms with E-state index >= 15 is 0 Å². The monoisotopic (exact) mass is 296 g/mol. The Bertz CT molecular complexity index is 770. The zero-order valence-electron chi connectivity index (χ0n) is 11.0. The minimum Gasteiger partial charge on any atom is -0.508 e. The highest BCUT2D eigenvalue weighted by Gasteiger charge is 2.27. The molecule has 1 aliphatic heterocycles. The lowest BCUT2D eigenvalue weighted by Crippen LogP contribution is -2.13. The molecule has 0 bridgehead atoms. The predicted octanol–water partition coefficient (Wildman–Crippen LogP) is 3.00. The number of phenolic OH excluding ortho intramolecular Hbond substituents is 1. The van der Waals surface area contributed by atoms with E-state index in [1.807, 2.05) is 47.1 Å². The quantitative estimate of drug-likeness (QED) is 0.761. The van der Waals surface area contributed by atoms with E-state index < -0.39 is 0 Å². The van der Waals surface area contributed by atoms with Crippen LogP contribution in [-0.4, -0.2) is 20.0 Å². The van der Waals surface area contributed by atoms with Crippen molar-refractivity contribution in [1.82, 2.24) is 14.9 Å². The molecule has 0 unspecified atom stereocenters. The Morgan fingerprint density at radius 2 is 1.76 bits per heavy atom. The van der Waals surface area contributed by atoms with E-state index in [4.69, 9.17) is 0 Å². The van der Waals surface area contributed by atoms with Gasteiger partial charge in [0.25, 0.3) is 0 Å². The molecule has 2 N–H and O–H groups in total. The Hall–Kier alpha value is -2.47. The fraction of sp³-hybridized carbons (Fsp3) is 0.0667. The van der Waals surface area contributed by atoms with Crippen LogP contribution in [0.25, 0.3) is 11.4 Å². The van der Waals surface area contributed by atoms with Gasteiger partial charge in [-0.15, -0.1) is 10.2 Å². The van der Waals surface area contributed by atoms with Crippen molar-refractivity contribution >= 4 is 11.8 Å². The summed E-state index contributed by atoms with van der Waals surface area (Å²) >= 11 is 1.61. The van der Waals surface area contributed by atoms with Crippen LogP contribution in [0, 0.1) is 0 Å². The fourth-order valence-corrected chi connectivity index (χ4v) is 3.27. The van der Waals surface area contributed by atoms with Crippen LogP contribution in [0.2, 0.25) is 0 Å². The van der Waals surface area contributed by atoms with Gasteiger partial charge in [0.05, 0.1) is 0 Å². The van der Waals surface area contributed by atoms with E-state index in [1.54, 1.807) is 23.9 Å². The van der Waals surface area contributed by atoms with Gasteiger partial charge in [0, 0.05) is 5.56 Å². The SMILES string of the molecule is Oc1ccc([C@H]2Nn3c(nnc3-c3ccccc3)S2)cc1. The molecule has 0 aliphatic carbocycles. The molecule has 1 aliphatic rings. The van der Waals surface area contributed by atoms with Crippen LogP contribution < -0.4 is 5.43 Å². The summed E-state index contributed by atoms with van der Waals surface area (Å²) in [5.41, 5.74) is 5.50. The summed E-state index contributed by atoms with van der Waals surface area (Å²) in [5, 5.41) is 18.7. The van der Waals surface area contributed by atoms with Crippen molar-refractivity contribution in [2.45, 2.75) is 10.5 Å². The molecule has 1 aromatic heterocycles. The summed E-state index contributed by atoms with van der Waals surface area (Å²) < 4.78 is 1.91. The van der Waals surface area contributed by atoms with Crippen LogP contribution in [0.1, 0.15) is 10.9 Å². The highest BCUT2D eigenvalue weighted by atomic mass is 32.2. The maximum Gasteiger partial charge on any atom is 0.212 e. The third kappa shape index (κ3) is 2.13. The van der Waals surface area contributed by atoms with Gasteiger partial charge in [-0.05, 0) is 17.7 Å². The van der Waals surface area contributed by atoms with Gasteiger partial charge in [-0.3, -0.25) is 0 Å². The van der Waals surface area contributed by atoms with Crippen LogP contribution in [-0.2, 0) is 0 Å². The number of phenols is 1. The van der Waals surface area contributed by atoms with E-state index in [-0.39, 0.29) is 11.1 Å². The molecule has 0 radical (unpaired) electrons. The molecule has 104 valence electrons. The Morgan fingerprint density at radius 1 is 1.00 bits per heavy atom. The first kappa shape index (κ1) is 12.3. The largest absolute Gasteiger partial charge is 0.508 e. The van der Waals surface area contributed by atoms with Crippen LogP contribution in [0.5, 0.6) is 5.75 Å². The number of hydrogen-bond donors (Lipinski definition) is 2. The second kappa shape index (κ2) is 4.82. The minimum absolute atomic E-state index is 0.0681. The first-order valence-corrected chi connectivity index (χ1v) is 7.42. The molecule has 2 aromatic carbocycles. The van der Waals surface area contributed by atoms with Crippen LogP contribution in [0.3, 0.4) is 0 Å². The number of aromatic nitrogens is 3. The average Bonchev–Trinajstić information content (AvgIpc) is 3.09. The Balaban J connectivity index is 1.66. The number of aromatic hydroxyl groups is 1. The lowest BCUT2D eigenvalue weighted by molar-refractivity contribution is 0.475. The third-order valence-electron chi connectivity index (χ3n) is 3.33. The van der Waals surface area contributed by atoms with Gasteiger partial charge in [0.1, 0.15) is 11.1 Å². The van der Waals surface area contributed by atoms with Gasteiger partial charge < -0.3 is 10.5 Å². The van der Waals surface area contributed by atoms with E-state index in [0.29, 0.717) is 0 Å². The minimum atomic E-state index is 0.0681. The summed E-state index contributed by atoms with van der Waals surface area (Å²) in [4.78, 5) is 0. The van der Waals surface area contributed by atoms with Crippen molar-refractivity contribution in [2.75, 3.05) is 5.43 Å². The van der Waals surface area contributed by atoms with Crippen molar-refractivity contribution < 1.29 is 5.11 Å². The topological polar surface area (TPSA) is 63.0 Å². The number of nitrogens with one attached hydrogen (secondary N) is 1. The van der Waals surface area contributed by atoms with Crippen LogP contribution >= 0.6 is 11.8 Å². The number of nitrogens with zero attached hydrogens (tertiary/aromatic N) is 3. The molecule has 0 saturated heterocycles. The molecule has 2 heterocycles. The summed E-state index contributed by atoms with van der Waals surface area (Å²) in [6.07, 6.45) is 0. The molecule has 0 spiro atoms. The highest BCUT2D eigenvalue weighted by Crippen LogP contribution is 2.40. The summed E-state index contributed by atoms with van der Waals surface area (Å²) in [5.74, 6) is 1.07. The Labute approximate surface area is 125 Å². The number of hydrogen-bond acceptors (Lipinski definition) is 5. The number of benzene rings is 2. The van der Waals surface area contributed by atoms with Gasteiger partial charge in [-0.1, -0.05) is 54.2 Å². The fourth-order valence-electron chi connectivity index (χ4n) is 2.28. The van der Waals surface area contributed by atoms with Gasteiger partial charge >= 0.3 is 0 Å². The van der Waals surface area contributed by atoms with Crippen molar-refractivity contribution in [1.29, 1.82) is 0 Å². The lowest BCUT2D eigenvalue weighted by atomic mass is 10.2. The lowest BCUT2D eigenvalue weighted by Gasteiger charge is -2.12. The molecule has 21 heavy (non-hydrogen) atoms. The molecule has 5 nitrogen and oxygen atoms in total. The smallest absolute Gasteiger partial charge is 0.212 e. The maximum absolute atomic E-state index is 9.37. The Morgan fingerprint density at radius 3 is 2.52 bits per heavy atom. The molecule has 3 aromatic rings. The second-order valence-electron chi connectivity index (χ2n) is 4.73. The number of thioether (sulfide) groups is 1. The van der Waals surface area contributed by atoms with Gasteiger partial charge in [-0.25, -0.2) is 4.68 Å². The van der Waals surface area contributed by atoms with Crippen molar-refractivity contribution in [3.63, 3.8) is 0 Å². The summed E-state index contributed by atoms with van der Waals surface area (Å²) in [6, 6.07) is 17.2. The Kier molecular flexibility index (Phi) is 2.82. The third-order valence-corrected chi connectivity index (χ3v) is 4.42. The number of fused-ring (bicyclic) bond motifs is 1. The van der Waals surface area contributed by atoms with E-state index in [9.17, 15) is 5.11 Å². The molecule has 0 fully saturated rings. The average molecular weight is 296 g/mol. The zero-order chi connectivity index (χ0) is 14.2.